The Morgan fingerprint density at radius 2 is 1.95 bits per heavy atom. The average molecular weight is 570 g/mol. The molecular weight excluding hydrogens is 533 g/mol. The van der Waals surface area contributed by atoms with Crippen molar-refractivity contribution in [1.82, 2.24) is 35.3 Å². The third-order valence-electron chi connectivity index (χ3n) is 7.26. The Morgan fingerprint density at radius 3 is 2.66 bits per heavy atom. The number of halogens is 1. The van der Waals surface area contributed by atoms with Crippen LogP contribution in [0, 0.1) is 12.7 Å². The average Bonchev–Trinajstić information content (AvgIpc) is 3.75. The molecule has 41 heavy (non-hydrogen) atoms. The van der Waals surface area contributed by atoms with Crippen LogP contribution in [0.4, 0.5) is 4.39 Å². The number of hydrogen-bond donors (Lipinski definition) is 1. The summed E-state index contributed by atoms with van der Waals surface area (Å²) in [5.41, 5.74) is 0.509. The molecule has 2 aromatic heterocycles. The van der Waals surface area contributed by atoms with E-state index in [0.717, 1.165) is 32.5 Å². The summed E-state index contributed by atoms with van der Waals surface area (Å²) < 4.78 is 30.5. The van der Waals surface area contributed by atoms with E-state index in [1.165, 1.54) is 21.8 Å². The van der Waals surface area contributed by atoms with Gasteiger partial charge in [-0.15, -0.1) is 10.2 Å². The van der Waals surface area contributed by atoms with Crippen molar-refractivity contribution < 1.29 is 27.9 Å². The van der Waals surface area contributed by atoms with E-state index in [0.29, 0.717) is 56.4 Å². The largest absolute Gasteiger partial charge is 0.458 e. The number of carbonyl (C=O) groups excluding carboxylic acids is 2. The second kappa shape index (κ2) is 13.8. The second-order valence-corrected chi connectivity index (χ2v) is 10.3. The van der Waals surface area contributed by atoms with Crippen molar-refractivity contribution in [1.29, 1.82) is 0 Å². The molecule has 1 aromatic carbocycles. The molecule has 1 N–H and O–H groups in total. The Kier molecular flexibility index (Phi) is 9.70. The van der Waals surface area contributed by atoms with Crippen molar-refractivity contribution in [2.75, 3.05) is 52.5 Å². The monoisotopic (exact) mass is 569 g/mol. The van der Waals surface area contributed by atoms with Crippen LogP contribution < -0.4 is 5.32 Å². The second-order valence-electron chi connectivity index (χ2n) is 10.3. The number of benzene rings is 1. The van der Waals surface area contributed by atoms with E-state index in [9.17, 15) is 14.0 Å². The maximum Gasteiger partial charge on any atom is 0.247 e. The topological polar surface area (TPSA) is 128 Å². The van der Waals surface area contributed by atoms with Crippen molar-refractivity contribution in [3.8, 4) is 11.6 Å². The van der Waals surface area contributed by atoms with E-state index in [1.807, 2.05) is 6.92 Å². The van der Waals surface area contributed by atoms with E-state index in [-0.39, 0.29) is 30.3 Å². The summed E-state index contributed by atoms with van der Waals surface area (Å²) in [6.07, 6.45) is 2.36. The van der Waals surface area contributed by atoms with Crippen molar-refractivity contribution in [3.05, 3.63) is 53.5 Å². The maximum absolute atomic E-state index is 13.9. The van der Waals surface area contributed by atoms with Crippen LogP contribution in [0.2, 0.25) is 0 Å². The highest BCUT2D eigenvalue weighted by molar-refractivity contribution is 5.88. The first-order valence-corrected chi connectivity index (χ1v) is 14.1. The standard InChI is InChI=1S/C28H36FN7O5/c1-20-5-10-24(41-20)27-31-33-36(32-27)19-25(37)35(12-3-11-34-13-16-39-17-14-34)26(21-6-8-22(29)9-7-21)28(38)30-18-23-4-2-15-40-23/h5-10,23,26H,2-4,11-19H2,1H3,(H,30,38)/t23-,26-/m1/s1. The number of nitrogens with zero attached hydrogens (tertiary/aromatic N) is 6. The van der Waals surface area contributed by atoms with Crippen molar-refractivity contribution in [2.45, 2.75) is 44.9 Å². The smallest absolute Gasteiger partial charge is 0.247 e. The molecule has 0 spiro atoms. The highest BCUT2D eigenvalue weighted by Gasteiger charge is 2.32. The Bertz CT molecular complexity index is 1280. The quantitative estimate of drug-likeness (QED) is 0.348. The van der Waals surface area contributed by atoms with Crippen molar-refractivity contribution >= 4 is 11.8 Å². The normalized spacial score (nSPS) is 18.3. The Morgan fingerprint density at radius 1 is 1.15 bits per heavy atom. The van der Waals surface area contributed by atoms with E-state index in [4.69, 9.17) is 13.9 Å². The van der Waals surface area contributed by atoms with Crippen LogP contribution in [0.1, 0.15) is 36.6 Å². The number of amides is 2. The summed E-state index contributed by atoms with van der Waals surface area (Å²) in [7, 11) is 0. The van der Waals surface area contributed by atoms with E-state index >= 15 is 0 Å². The molecule has 2 fully saturated rings. The Balaban J connectivity index is 1.36. The SMILES string of the molecule is Cc1ccc(-c2nnn(CC(=O)N(CCCN3CCOCC3)[C@@H](C(=O)NC[C@H]3CCCO3)c3ccc(F)cc3)n2)o1. The first kappa shape index (κ1) is 28.8. The van der Waals surface area contributed by atoms with Gasteiger partial charge >= 0.3 is 0 Å². The van der Waals surface area contributed by atoms with Crippen molar-refractivity contribution in [3.63, 3.8) is 0 Å². The predicted molar refractivity (Wildman–Crippen MR) is 145 cm³/mol. The fraction of sp³-hybridized carbons (Fsp3) is 0.536. The van der Waals surface area contributed by atoms with Crippen molar-refractivity contribution in [2.24, 2.45) is 0 Å². The van der Waals surface area contributed by atoms with Crippen LogP contribution in [-0.2, 0) is 25.6 Å². The van der Waals surface area contributed by atoms with Gasteiger partial charge in [-0.1, -0.05) is 12.1 Å². The summed E-state index contributed by atoms with van der Waals surface area (Å²) in [6, 6.07) is 8.22. The van der Waals surface area contributed by atoms with Gasteiger partial charge in [-0.3, -0.25) is 14.5 Å². The molecule has 2 amide bonds. The molecule has 4 heterocycles. The van der Waals surface area contributed by atoms with Crippen LogP contribution in [-0.4, -0.2) is 100 Å². The fourth-order valence-corrected chi connectivity index (χ4v) is 5.10. The number of tetrazole rings is 1. The van der Waals surface area contributed by atoms with Gasteiger partial charge in [0.1, 0.15) is 24.2 Å². The number of rotatable bonds is 12. The van der Waals surface area contributed by atoms with Gasteiger partial charge in [0.25, 0.3) is 0 Å². The first-order valence-electron chi connectivity index (χ1n) is 14.1. The van der Waals surface area contributed by atoms with Gasteiger partial charge in [-0.25, -0.2) is 4.39 Å². The van der Waals surface area contributed by atoms with Gasteiger partial charge in [0.05, 0.1) is 19.3 Å². The minimum Gasteiger partial charge on any atom is -0.458 e. The third-order valence-corrected chi connectivity index (χ3v) is 7.26. The summed E-state index contributed by atoms with van der Waals surface area (Å²) >= 11 is 0. The number of morpholine rings is 1. The summed E-state index contributed by atoms with van der Waals surface area (Å²) in [4.78, 5) is 32.5. The van der Waals surface area contributed by atoms with E-state index in [1.54, 1.807) is 24.3 Å². The maximum atomic E-state index is 13.9. The van der Waals surface area contributed by atoms with Crippen LogP contribution in [0.5, 0.6) is 0 Å². The zero-order valence-electron chi connectivity index (χ0n) is 23.2. The summed E-state index contributed by atoms with van der Waals surface area (Å²) in [5, 5.41) is 15.3. The van der Waals surface area contributed by atoms with Crippen LogP contribution in [0.25, 0.3) is 11.6 Å². The minimum atomic E-state index is -0.982. The molecule has 12 nitrogen and oxygen atoms in total. The van der Waals surface area contributed by atoms with E-state index in [2.05, 4.69) is 25.6 Å². The Hall–Kier alpha value is -3.68. The molecule has 220 valence electrons. The number of carbonyl (C=O) groups is 2. The molecule has 3 aromatic rings. The number of aryl methyl sites for hydroxylation is 1. The lowest BCUT2D eigenvalue weighted by molar-refractivity contribution is -0.142. The lowest BCUT2D eigenvalue weighted by atomic mass is 10.0. The zero-order chi connectivity index (χ0) is 28.6. The van der Waals surface area contributed by atoms with Gasteiger partial charge < -0.3 is 24.1 Å². The van der Waals surface area contributed by atoms with E-state index < -0.39 is 11.9 Å². The highest BCUT2D eigenvalue weighted by atomic mass is 19.1. The molecule has 5 rings (SSSR count). The highest BCUT2D eigenvalue weighted by Crippen LogP contribution is 2.24. The van der Waals surface area contributed by atoms with Crippen LogP contribution in [0.15, 0.2) is 40.8 Å². The van der Waals surface area contributed by atoms with Gasteiger partial charge in [0.15, 0.2) is 5.76 Å². The number of furan rings is 1. The molecule has 2 aliphatic heterocycles. The molecule has 0 unspecified atom stereocenters. The first-order chi connectivity index (χ1) is 20.0. The van der Waals surface area contributed by atoms with Gasteiger partial charge in [0, 0.05) is 39.3 Å². The molecule has 13 heteroatoms. The number of aromatic nitrogens is 4. The number of nitrogens with one attached hydrogen (secondary N) is 1. The number of hydrogen-bond acceptors (Lipinski definition) is 9. The molecule has 2 atom stereocenters. The lowest BCUT2D eigenvalue weighted by Gasteiger charge is -2.33. The fourth-order valence-electron chi connectivity index (χ4n) is 5.10. The minimum absolute atomic E-state index is 0.0682. The molecule has 2 aliphatic rings. The summed E-state index contributed by atoms with van der Waals surface area (Å²) in [6.45, 7) is 6.58. The number of ether oxygens (including phenoxy) is 2. The third kappa shape index (κ3) is 7.75. The van der Waals surface area contributed by atoms with Crippen LogP contribution in [0.3, 0.4) is 0 Å². The molecule has 2 saturated heterocycles. The molecule has 0 aliphatic carbocycles. The molecule has 0 saturated carbocycles. The predicted octanol–water partition coefficient (Wildman–Crippen LogP) is 1.97. The van der Waals surface area contributed by atoms with Gasteiger partial charge in [-0.05, 0) is 61.2 Å². The molecule has 0 radical (unpaired) electrons. The molecule has 0 bridgehead atoms. The lowest BCUT2D eigenvalue weighted by Crippen LogP contribution is -2.47. The zero-order valence-corrected chi connectivity index (χ0v) is 23.2. The summed E-state index contributed by atoms with van der Waals surface area (Å²) in [5.74, 6) is 0.258. The van der Waals surface area contributed by atoms with Crippen LogP contribution >= 0.6 is 0 Å². The van der Waals surface area contributed by atoms with Gasteiger partial charge in [-0.2, -0.15) is 4.80 Å². The molecular formula is C28H36FN7O5. The van der Waals surface area contributed by atoms with Gasteiger partial charge in [0.2, 0.25) is 17.6 Å². The Labute approximate surface area is 237 Å².